The molecule has 1 heterocycles. The van der Waals surface area contributed by atoms with E-state index in [-0.39, 0.29) is 42.4 Å². The number of carbonyl (C=O) groups is 2. The SMILES string of the molecule is CCOC(=O)OC1=C(C)NC(C)=C(OC(=O)OCCC#N)C1c1ccccc1[N+](=O)[O-]. The molecule has 31 heavy (non-hydrogen) atoms. The Morgan fingerprint density at radius 3 is 2.26 bits per heavy atom. The van der Waals surface area contributed by atoms with Crippen molar-refractivity contribution in [3.63, 3.8) is 0 Å². The van der Waals surface area contributed by atoms with Crippen molar-refractivity contribution < 1.29 is 33.5 Å². The number of benzene rings is 1. The molecule has 164 valence electrons. The zero-order valence-corrected chi connectivity index (χ0v) is 17.2. The van der Waals surface area contributed by atoms with Crippen molar-refractivity contribution in [1.82, 2.24) is 5.32 Å². The summed E-state index contributed by atoms with van der Waals surface area (Å²) in [5.41, 5.74) is 0.596. The molecule has 0 amide bonds. The molecule has 0 saturated heterocycles. The predicted octanol–water partition coefficient (Wildman–Crippen LogP) is 3.98. The van der Waals surface area contributed by atoms with Crippen LogP contribution in [0.4, 0.5) is 15.3 Å². The summed E-state index contributed by atoms with van der Waals surface area (Å²) in [4.78, 5) is 35.2. The van der Waals surface area contributed by atoms with Crippen LogP contribution in [0.15, 0.2) is 47.2 Å². The van der Waals surface area contributed by atoms with Gasteiger partial charge in [0.1, 0.15) is 24.0 Å². The highest BCUT2D eigenvalue weighted by molar-refractivity contribution is 5.66. The lowest BCUT2D eigenvalue weighted by molar-refractivity contribution is -0.385. The molecule has 1 aliphatic rings. The second-order valence-electron chi connectivity index (χ2n) is 6.25. The van der Waals surface area contributed by atoms with Crippen LogP contribution in [0, 0.1) is 21.4 Å². The maximum absolute atomic E-state index is 12.1. The first-order chi connectivity index (χ1) is 14.8. The third-order valence-corrected chi connectivity index (χ3v) is 4.17. The van der Waals surface area contributed by atoms with Gasteiger partial charge in [-0.2, -0.15) is 5.26 Å². The molecule has 0 aliphatic carbocycles. The van der Waals surface area contributed by atoms with E-state index in [1.165, 1.54) is 18.2 Å². The van der Waals surface area contributed by atoms with E-state index in [4.69, 9.17) is 24.2 Å². The highest BCUT2D eigenvalue weighted by Gasteiger charge is 2.39. The zero-order valence-electron chi connectivity index (χ0n) is 17.2. The minimum Gasteiger partial charge on any atom is -0.434 e. The number of nitriles is 1. The number of hydrogen-bond acceptors (Lipinski definition) is 10. The molecule has 2 rings (SSSR count). The zero-order chi connectivity index (χ0) is 23.0. The number of dihydropyridines is 1. The van der Waals surface area contributed by atoms with Gasteiger partial charge in [-0.15, -0.1) is 0 Å². The standard InChI is InChI=1S/C20H21N3O8/c1-4-28-19(24)30-17-12(2)22-13(3)18(31-20(25)29-11-7-10-21)16(17)14-8-5-6-9-15(14)23(26)27/h5-6,8-9,16,22H,4,7,11H2,1-3H3. The quantitative estimate of drug-likeness (QED) is 0.290. The molecule has 1 aromatic rings. The summed E-state index contributed by atoms with van der Waals surface area (Å²) in [5, 5.41) is 23.1. The van der Waals surface area contributed by atoms with Crippen molar-refractivity contribution in [2.75, 3.05) is 13.2 Å². The molecule has 1 atom stereocenters. The monoisotopic (exact) mass is 431 g/mol. The summed E-state index contributed by atoms with van der Waals surface area (Å²) in [6.07, 6.45) is -2.15. The molecule has 1 aliphatic heterocycles. The Morgan fingerprint density at radius 2 is 1.71 bits per heavy atom. The molecule has 11 heteroatoms. The Kier molecular flexibility index (Phi) is 7.96. The summed E-state index contributed by atoms with van der Waals surface area (Å²) in [6.45, 7) is 4.65. The Hall–Kier alpha value is -4.07. The van der Waals surface area contributed by atoms with Crippen LogP contribution in [0.1, 0.15) is 38.7 Å². The topological polar surface area (TPSA) is 150 Å². The lowest BCUT2D eigenvalue weighted by atomic mass is 9.89. The third kappa shape index (κ3) is 5.72. The van der Waals surface area contributed by atoms with Crippen molar-refractivity contribution >= 4 is 18.0 Å². The Labute approximate surface area is 178 Å². The average Bonchev–Trinajstić information content (AvgIpc) is 2.72. The van der Waals surface area contributed by atoms with Crippen molar-refractivity contribution in [3.8, 4) is 6.07 Å². The Morgan fingerprint density at radius 1 is 1.13 bits per heavy atom. The van der Waals surface area contributed by atoms with Gasteiger partial charge in [0.05, 0.1) is 35.4 Å². The number of hydrogen-bond donors (Lipinski definition) is 1. The van der Waals surface area contributed by atoms with Gasteiger partial charge >= 0.3 is 12.3 Å². The fraction of sp³-hybridized carbons (Fsp3) is 0.350. The van der Waals surface area contributed by atoms with Crippen LogP contribution < -0.4 is 5.32 Å². The van der Waals surface area contributed by atoms with Gasteiger partial charge in [-0.25, -0.2) is 9.59 Å². The number of para-hydroxylation sites is 1. The van der Waals surface area contributed by atoms with E-state index < -0.39 is 23.2 Å². The number of nitrogens with zero attached hydrogens (tertiary/aromatic N) is 2. The number of ether oxygens (including phenoxy) is 4. The van der Waals surface area contributed by atoms with Crippen LogP contribution in [-0.2, 0) is 18.9 Å². The van der Waals surface area contributed by atoms with E-state index in [0.29, 0.717) is 11.4 Å². The minimum atomic E-state index is -1.12. The number of allylic oxidation sites excluding steroid dienone is 2. The van der Waals surface area contributed by atoms with Gasteiger partial charge < -0.3 is 24.3 Å². The van der Waals surface area contributed by atoms with Crippen LogP contribution in [0.5, 0.6) is 0 Å². The molecule has 1 N–H and O–H groups in total. The predicted molar refractivity (Wildman–Crippen MR) is 105 cm³/mol. The number of nitro groups is 1. The summed E-state index contributed by atoms with van der Waals surface area (Å²) in [5.74, 6) is -1.20. The third-order valence-electron chi connectivity index (χ3n) is 4.17. The molecule has 0 saturated carbocycles. The second kappa shape index (κ2) is 10.6. The molecular formula is C20H21N3O8. The summed E-state index contributed by atoms with van der Waals surface area (Å²) >= 11 is 0. The minimum absolute atomic E-state index is 0.0295. The van der Waals surface area contributed by atoms with Crippen LogP contribution in [-0.4, -0.2) is 30.4 Å². The number of nitro benzene ring substituents is 1. The maximum atomic E-state index is 12.1. The largest absolute Gasteiger partial charge is 0.513 e. The van der Waals surface area contributed by atoms with E-state index in [1.54, 1.807) is 26.8 Å². The molecular weight excluding hydrogens is 410 g/mol. The number of rotatable bonds is 7. The van der Waals surface area contributed by atoms with Crippen molar-refractivity contribution in [2.45, 2.75) is 33.1 Å². The van der Waals surface area contributed by atoms with Gasteiger partial charge in [0.25, 0.3) is 5.69 Å². The molecule has 11 nitrogen and oxygen atoms in total. The lowest BCUT2D eigenvalue weighted by Gasteiger charge is -2.30. The van der Waals surface area contributed by atoms with Crippen molar-refractivity contribution in [2.24, 2.45) is 0 Å². The molecule has 0 radical (unpaired) electrons. The normalized spacial score (nSPS) is 15.5. The molecule has 1 aromatic carbocycles. The van der Waals surface area contributed by atoms with Gasteiger partial charge in [-0.05, 0) is 20.8 Å². The van der Waals surface area contributed by atoms with Crippen LogP contribution in [0.25, 0.3) is 0 Å². The van der Waals surface area contributed by atoms with E-state index in [1.807, 2.05) is 6.07 Å². The van der Waals surface area contributed by atoms with Crippen LogP contribution in [0.3, 0.4) is 0 Å². The molecule has 0 aromatic heterocycles. The van der Waals surface area contributed by atoms with E-state index in [0.717, 1.165) is 0 Å². The van der Waals surface area contributed by atoms with E-state index in [2.05, 4.69) is 5.32 Å². The maximum Gasteiger partial charge on any atom is 0.513 e. The highest BCUT2D eigenvalue weighted by atomic mass is 16.7. The fourth-order valence-corrected chi connectivity index (χ4v) is 2.94. The van der Waals surface area contributed by atoms with Gasteiger partial charge in [0, 0.05) is 11.6 Å². The molecule has 0 spiro atoms. The van der Waals surface area contributed by atoms with Gasteiger partial charge in [-0.1, -0.05) is 18.2 Å². The average molecular weight is 431 g/mol. The Balaban J connectivity index is 2.53. The lowest BCUT2D eigenvalue weighted by Crippen LogP contribution is -2.29. The first-order valence-corrected chi connectivity index (χ1v) is 9.28. The highest BCUT2D eigenvalue weighted by Crippen LogP contribution is 2.42. The van der Waals surface area contributed by atoms with Gasteiger partial charge in [0.15, 0.2) is 0 Å². The molecule has 0 bridgehead atoms. The van der Waals surface area contributed by atoms with Crippen LogP contribution in [0.2, 0.25) is 0 Å². The summed E-state index contributed by atoms with van der Waals surface area (Å²) in [6, 6.07) is 7.63. The van der Waals surface area contributed by atoms with Crippen LogP contribution >= 0.6 is 0 Å². The van der Waals surface area contributed by atoms with E-state index >= 15 is 0 Å². The Bertz CT molecular complexity index is 977. The first-order valence-electron chi connectivity index (χ1n) is 9.28. The number of carbonyl (C=O) groups excluding carboxylic acids is 2. The smallest absolute Gasteiger partial charge is 0.434 e. The fourth-order valence-electron chi connectivity index (χ4n) is 2.94. The second-order valence-corrected chi connectivity index (χ2v) is 6.25. The van der Waals surface area contributed by atoms with E-state index in [9.17, 15) is 19.7 Å². The molecule has 0 fully saturated rings. The summed E-state index contributed by atoms with van der Waals surface area (Å²) < 4.78 is 20.3. The van der Waals surface area contributed by atoms with Gasteiger partial charge in [-0.3, -0.25) is 10.1 Å². The first kappa shape index (κ1) is 23.2. The van der Waals surface area contributed by atoms with Crippen molar-refractivity contribution in [1.29, 1.82) is 5.26 Å². The van der Waals surface area contributed by atoms with Crippen molar-refractivity contribution in [3.05, 3.63) is 62.9 Å². The number of nitrogens with one attached hydrogen (secondary N) is 1. The summed E-state index contributed by atoms with van der Waals surface area (Å²) in [7, 11) is 0. The molecule has 1 unspecified atom stereocenters. The van der Waals surface area contributed by atoms with Gasteiger partial charge in [0.2, 0.25) is 0 Å².